The Labute approximate surface area is 123 Å². The first-order chi connectivity index (χ1) is 9.88. The number of hydrogen-bond acceptors (Lipinski definition) is 5. The van der Waals surface area contributed by atoms with Gasteiger partial charge in [-0.15, -0.1) is 0 Å². The summed E-state index contributed by atoms with van der Waals surface area (Å²) in [6.07, 6.45) is 2.18. The molecule has 1 aliphatic heterocycles. The zero-order chi connectivity index (χ0) is 13.8. The quantitative estimate of drug-likeness (QED) is 0.851. The second kappa shape index (κ2) is 6.31. The lowest BCUT2D eigenvalue weighted by Crippen LogP contribution is -2.17. The van der Waals surface area contributed by atoms with Crippen LogP contribution in [-0.4, -0.2) is 22.4 Å². The van der Waals surface area contributed by atoms with Gasteiger partial charge in [-0.1, -0.05) is 30.3 Å². The minimum absolute atomic E-state index is 0.227. The molecule has 0 amide bonds. The molecule has 1 aliphatic rings. The number of para-hydroxylation sites is 1. The number of fused-ring (bicyclic) bond motifs is 1. The first-order valence-corrected chi connectivity index (χ1v) is 8.27. The molecule has 2 heterocycles. The van der Waals surface area contributed by atoms with Gasteiger partial charge in [-0.05, 0) is 30.2 Å². The van der Waals surface area contributed by atoms with Gasteiger partial charge in [0.25, 0.3) is 0 Å². The molecule has 1 atom stereocenters. The van der Waals surface area contributed by atoms with Crippen LogP contribution in [0.25, 0.3) is 0 Å². The summed E-state index contributed by atoms with van der Waals surface area (Å²) in [6, 6.07) is 8.36. The van der Waals surface area contributed by atoms with Crippen molar-refractivity contribution in [3.05, 3.63) is 41.5 Å². The van der Waals surface area contributed by atoms with Crippen LogP contribution in [0.4, 0.5) is 5.69 Å². The molecular weight excluding hydrogens is 270 g/mol. The van der Waals surface area contributed by atoms with E-state index >= 15 is 0 Å². The third-order valence-corrected chi connectivity index (χ3v) is 4.61. The molecule has 2 aromatic rings. The fraction of sp³-hybridized carbons (Fsp3) is 0.467. The second-order valence-electron chi connectivity index (χ2n) is 4.96. The summed E-state index contributed by atoms with van der Waals surface area (Å²) in [5, 5.41) is 7.53. The van der Waals surface area contributed by atoms with E-state index in [9.17, 15) is 0 Å². The number of nitrogens with one attached hydrogen (secondary N) is 1. The Bertz CT molecular complexity index is 570. The van der Waals surface area contributed by atoms with E-state index < -0.39 is 0 Å². The summed E-state index contributed by atoms with van der Waals surface area (Å²) < 4.78 is 5.49. The smallest absolute Gasteiger partial charge is 0.234 e. The third-order valence-electron chi connectivity index (χ3n) is 3.45. The highest BCUT2D eigenvalue weighted by atomic mass is 32.2. The van der Waals surface area contributed by atoms with Crippen molar-refractivity contribution in [3.8, 4) is 0 Å². The Morgan fingerprint density at radius 2 is 2.30 bits per heavy atom. The van der Waals surface area contributed by atoms with E-state index in [1.54, 1.807) is 0 Å². The van der Waals surface area contributed by atoms with E-state index in [1.807, 2.05) is 11.8 Å². The minimum atomic E-state index is 0.227. The fourth-order valence-electron chi connectivity index (χ4n) is 2.50. The normalized spacial score (nSPS) is 17.6. The lowest BCUT2D eigenvalue weighted by Gasteiger charge is -2.23. The molecule has 5 heteroatoms. The number of hydrogen-bond donors (Lipinski definition) is 1. The van der Waals surface area contributed by atoms with Crippen molar-refractivity contribution in [1.29, 1.82) is 0 Å². The monoisotopic (exact) mass is 289 g/mol. The molecule has 1 unspecified atom stereocenters. The Kier molecular flexibility index (Phi) is 4.25. The van der Waals surface area contributed by atoms with Crippen LogP contribution in [0.2, 0.25) is 0 Å². The van der Waals surface area contributed by atoms with Gasteiger partial charge in [0.05, 0.1) is 11.7 Å². The standard InChI is InChI=1S/C15H19N3OS/c1-2-9-20-10-14-17-15(19-18-14)12-7-8-16-13-6-4-3-5-11(12)13/h3-6,12,16H,2,7-10H2,1H3. The number of benzene rings is 1. The summed E-state index contributed by atoms with van der Waals surface area (Å²) in [5.41, 5.74) is 2.44. The van der Waals surface area contributed by atoms with Crippen molar-refractivity contribution in [1.82, 2.24) is 10.1 Å². The van der Waals surface area contributed by atoms with Crippen molar-refractivity contribution in [2.24, 2.45) is 0 Å². The topological polar surface area (TPSA) is 51.0 Å². The number of rotatable bonds is 5. The second-order valence-corrected chi connectivity index (χ2v) is 6.06. The van der Waals surface area contributed by atoms with Crippen LogP contribution in [0.3, 0.4) is 0 Å². The van der Waals surface area contributed by atoms with Crippen LogP contribution in [-0.2, 0) is 5.75 Å². The third kappa shape index (κ3) is 2.82. The van der Waals surface area contributed by atoms with E-state index in [1.165, 1.54) is 17.7 Å². The van der Waals surface area contributed by atoms with E-state index in [0.717, 1.165) is 36.2 Å². The first kappa shape index (κ1) is 13.5. The minimum Gasteiger partial charge on any atom is -0.385 e. The van der Waals surface area contributed by atoms with Crippen molar-refractivity contribution < 1.29 is 4.52 Å². The maximum Gasteiger partial charge on any atom is 0.234 e. The van der Waals surface area contributed by atoms with E-state index in [2.05, 4.69) is 46.6 Å². The molecule has 3 rings (SSSR count). The van der Waals surface area contributed by atoms with E-state index in [-0.39, 0.29) is 5.92 Å². The highest BCUT2D eigenvalue weighted by Gasteiger charge is 2.26. The van der Waals surface area contributed by atoms with Gasteiger partial charge in [0.2, 0.25) is 5.89 Å². The lowest BCUT2D eigenvalue weighted by atomic mass is 9.91. The van der Waals surface area contributed by atoms with Gasteiger partial charge < -0.3 is 9.84 Å². The number of anilines is 1. The average molecular weight is 289 g/mol. The molecule has 0 fully saturated rings. The Hall–Kier alpha value is -1.49. The predicted molar refractivity (Wildman–Crippen MR) is 82.1 cm³/mol. The van der Waals surface area contributed by atoms with E-state index in [0.29, 0.717) is 0 Å². The summed E-state index contributed by atoms with van der Waals surface area (Å²) in [5.74, 6) is 3.77. The highest BCUT2D eigenvalue weighted by molar-refractivity contribution is 7.98. The number of aromatic nitrogens is 2. The largest absolute Gasteiger partial charge is 0.385 e. The van der Waals surface area contributed by atoms with Gasteiger partial charge in [-0.25, -0.2) is 0 Å². The summed E-state index contributed by atoms with van der Waals surface area (Å²) in [7, 11) is 0. The summed E-state index contributed by atoms with van der Waals surface area (Å²) >= 11 is 1.85. The predicted octanol–water partition coefficient (Wildman–Crippen LogP) is 3.66. The van der Waals surface area contributed by atoms with Crippen LogP contribution in [0.1, 0.15) is 43.0 Å². The molecule has 20 heavy (non-hydrogen) atoms. The Morgan fingerprint density at radius 1 is 1.40 bits per heavy atom. The van der Waals surface area contributed by atoms with Crippen molar-refractivity contribution in [2.75, 3.05) is 17.6 Å². The van der Waals surface area contributed by atoms with Gasteiger partial charge in [-0.3, -0.25) is 0 Å². The van der Waals surface area contributed by atoms with Crippen LogP contribution in [0.5, 0.6) is 0 Å². The van der Waals surface area contributed by atoms with Crippen molar-refractivity contribution in [3.63, 3.8) is 0 Å². The van der Waals surface area contributed by atoms with Crippen LogP contribution >= 0.6 is 11.8 Å². The molecule has 1 aromatic heterocycles. The average Bonchev–Trinajstić information content (AvgIpc) is 2.96. The van der Waals surface area contributed by atoms with E-state index in [4.69, 9.17) is 4.52 Å². The Morgan fingerprint density at radius 3 is 3.20 bits per heavy atom. The summed E-state index contributed by atoms with van der Waals surface area (Å²) in [6.45, 7) is 3.13. The van der Waals surface area contributed by atoms with Crippen LogP contribution in [0, 0.1) is 0 Å². The highest BCUT2D eigenvalue weighted by Crippen LogP contribution is 2.35. The fourth-order valence-corrected chi connectivity index (χ4v) is 3.23. The SMILES string of the molecule is CCCSCc1noc(C2CCNc3ccccc32)n1. The molecular formula is C15H19N3OS. The molecule has 0 spiro atoms. The number of nitrogens with zero attached hydrogens (tertiary/aromatic N) is 2. The van der Waals surface area contributed by atoms with Gasteiger partial charge >= 0.3 is 0 Å². The zero-order valence-corrected chi connectivity index (χ0v) is 12.4. The molecule has 106 valence electrons. The van der Waals surface area contributed by atoms with Gasteiger partial charge in [0.1, 0.15) is 0 Å². The molecule has 0 saturated heterocycles. The molecule has 0 radical (unpaired) electrons. The van der Waals surface area contributed by atoms with Gasteiger partial charge in [0, 0.05) is 12.2 Å². The van der Waals surface area contributed by atoms with Crippen molar-refractivity contribution >= 4 is 17.4 Å². The van der Waals surface area contributed by atoms with Crippen LogP contribution in [0.15, 0.2) is 28.8 Å². The van der Waals surface area contributed by atoms with Crippen LogP contribution < -0.4 is 5.32 Å². The molecule has 0 aliphatic carbocycles. The molecule has 4 nitrogen and oxygen atoms in total. The lowest BCUT2D eigenvalue weighted by molar-refractivity contribution is 0.357. The number of thioether (sulfide) groups is 1. The maximum atomic E-state index is 5.49. The molecule has 0 bridgehead atoms. The molecule has 1 aromatic carbocycles. The van der Waals surface area contributed by atoms with Gasteiger partial charge in [0.15, 0.2) is 5.82 Å². The Balaban J connectivity index is 1.77. The van der Waals surface area contributed by atoms with Gasteiger partial charge in [-0.2, -0.15) is 16.7 Å². The maximum absolute atomic E-state index is 5.49. The van der Waals surface area contributed by atoms with Crippen molar-refractivity contribution in [2.45, 2.75) is 31.4 Å². The summed E-state index contributed by atoms with van der Waals surface area (Å²) in [4.78, 5) is 4.58. The zero-order valence-electron chi connectivity index (χ0n) is 11.6. The first-order valence-electron chi connectivity index (χ1n) is 7.11. The molecule has 0 saturated carbocycles. The molecule has 1 N–H and O–H groups in total.